The highest BCUT2D eigenvalue weighted by molar-refractivity contribution is 7.14. The first kappa shape index (κ1) is 20.5. The fraction of sp³-hybridized carbons (Fsp3) is 0. The Bertz CT molecular complexity index is 1620. The van der Waals surface area contributed by atoms with Gasteiger partial charge >= 0.3 is 6.03 Å². The predicted octanol–water partition coefficient (Wildman–Crippen LogP) is 7.88. The Kier molecular flexibility index (Phi) is 5.25. The zero-order valence-electron chi connectivity index (χ0n) is 17.9. The van der Waals surface area contributed by atoms with Crippen LogP contribution >= 0.6 is 22.7 Å². The van der Waals surface area contributed by atoms with E-state index in [1.165, 1.54) is 0 Å². The zero-order chi connectivity index (χ0) is 22.9. The van der Waals surface area contributed by atoms with Crippen LogP contribution in [0.3, 0.4) is 0 Å². The van der Waals surface area contributed by atoms with E-state index in [0.717, 1.165) is 48.6 Å². The lowest BCUT2D eigenvalue weighted by molar-refractivity contribution is 0.262. The summed E-state index contributed by atoms with van der Waals surface area (Å²) < 4.78 is 0. The molecule has 6 rings (SSSR count). The number of urea groups is 1. The number of hydrogen-bond donors (Lipinski definition) is 2. The summed E-state index contributed by atoms with van der Waals surface area (Å²) in [6.45, 7) is 0. The first-order chi connectivity index (χ1) is 16.7. The van der Waals surface area contributed by atoms with Gasteiger partial charge in [-0.15, -0.1) is 22.7 Å². The molecule has 0 spiro atoms. The van der Waals surface area contributed by atoms with Crippen molar-refractivity contribution in [2.45, 2.75) is 0 Å². The van der Waals surface area contributed by atoms with Crippen LogP contribution in [0.5, 0.6) is 0 Å². The third kappa shape index (κ3) is 3.91. The van der Waals surface area contributed by atoms with E-state index < -0.39 is 0 Å². The number of amides is 2. The molecule has 0 fully saturated rings. The van der Waals surface area contributed by atoms with Crippen LogP contribution in [0.25, 0.3) is 42.9 Å². The molecular formula is C27H18N4OS2. The second kappa shape index (κ2) is 8.70. The Morgan fingerprint density at radius 2 is 1.38 bits per heavy atom. The first-order valence-corrected chi connectivity index (χ1v) is 12.5. The van der Waals surface area contributed by atoms with Crippen molar-refractivity contribution >= 4 is 61.9 Å². The second-order valence-electron chi connectivity index (χ2n) is 7.68. The number of aromatic nitrogens is 2. The summed E-state index contributed by atoms with van der Waals surface area (Å²) in [7, 11) is 0. The minimum absolute atomic E-state index is 0.308. The van der Waals surface area contributed by atoms with E-state index in [9.17, 15) is 4.79 Å². The van der Waals surface area contributed by atoms with Gasteiger partial charge in [0.05, 0.1) is 26.5 Å². The molecule has 0 saturated heterocycles. The quantitative estimate of drug-likeness (QED) is 0.271. The summed E-state index contributed by atoms with van der Waals surface area (Å²) in [4.78, 5) is 24.8. The molecule has 6 aromatic rings. The molecule has 0 atom stereocenters. The predicted molar refractivity (Wildman–Crippen MR) is 143 cm³/mol. The Labute approximate surface area is 203 Å². The number of anilines is 2. The van der Waals surface area contributed by atoms with Crippen LogP contribution in [0, 0.1) is 0 Å². The number of fused-ring (bicyclic) bond motifs is 2. The van der Waals surface area contributed by atoms with Gasteiger partial charge in [-0.25, -0.2) is 14.8 Å². The maximum atomic E-state index is 12.8. The van der Waals surface area contributed by atoms with Crippen LogP contribution in [0.2, 0.25) is 0 Å². The van der Waals surface area contributed by atoms with Gasteiger partial charge in [-0.05, 0) is 52.5 Å². The Morgan fingerprint density at radius 1 is 0.676 bits per heavy atom. The smallest absolute Gasteiger partial charge is 0.308 e. The number of benzene rings is 3. The summed E-state index contributed by atoms with van der Waals surface area (Å²) in [5.41, 5.74) is 4.65. The van der Waals surface area contributed by atoms with Crippen molar-refractivity contribution in [3.8, 4) is 21.1 Å². The second-order valence-corrected chi connectivity index (χ2v) is 9.58. The molecule has 164 valence electrons. The van der Waals surface area contributed by atoms with Crippen molar-refractivity contribution in [2.75, 3.05) is 10.6 Å². The average molecular weight is 479 g/mol. The van der Waals surface area contributed by atoms with Crippen molar-refractivity contribution in [1.82, 2.24) is 9.97 Å². The molecule has 3 aromatic heterocycles. The van der Waals surface area contributed by atoms with Gasteiger partial charge in [-0.2, -0.15) is 0 Å². The van der Waals surface area contributed by atoms with Gasteiger partial charge in [0, 0.05) is 11.1 Å². The highest BCUT2D eigenvalue weighted by Crippen LogP contribution is 2.35. The molecule has 3 aromatic carbocycles. The van der Waals surface area contributed by atoms with Gasteiger partial charge in [0.15, 0.2) is 0 Å². The molecule has 0 saturated carbocycles. The Hall–Kier alpha value is -4.07. The molecule has 0 bridgehead atoms. The van der Waals surface area contributed by atoms with Crippen LogP contribution in [0.15, 0.2) is 95.7 Å². The number of nitrogens with one attached hydrogen (secondary N) is 2. The van der Waals surface area contributed by atoms with E-state index in [-0.39, 0.29) is 6.03 Å². The lowest BCUT2D eigenvalue weighted by Crippen LogP contribution is -2.19. The lowest BCUT2D eigenvalue weighted by Gasteiger charge is -2.11. The highest BCUT2D eigenvalue weighted by Gasteiger charge is 2.15. The molecule has 5 nitrogen and oxygen atoms in total. The number of rotatable bonds is 4. The molecule has 0 radical (unpaired) electrons. The summed E-state index contributed by atoms with van der Waals surface area (Å²) in [6, 6.07) is 27.3. The van der Waals surface area contributed by atoms with Gasteiger partial charge in [-0.3, -0.25) is 0 Å². The maximum Gasteiger partial charge on any atom is 0.323 e. The van der Waals surface area contributed by atoms with Crippen molar-refractivity contribution in [1.29, 1.82) is 0 Å². The van der Waals surface area contributed by atoms with Crippen LogP contribution in [-0.4, -0.2) is 16.0 Å². The van der Waals surface area contributed by atoms with Gasteiger partial charge in [0.2, 0.25) is 0 Å². The molecule has 2 N–H and O–H groups in total. The van der Waals surface area contributed by atoms with Gasteiger partial charge < -0.3 is 10.6 Å². The van der Waals surface area contributed by atoms with E-state index in [1.54, 1.807) is 22.7 Å². The van der Waals surface area contributed by atoms with Gasteiger partial charge in [0.1, 0.15) is 11.4 Å². The summed E-state index contributed by atoms with van der Waals surface area (Å²) in [5.74, 6) is 0. The summed E-state index contributed by atoms with van der Waals surface area (Å²) >= 11 is 3.28. The molecule has 0 aliphatic rings. The number of thiophene rings is 2. The van der Waals surface area contributed by atoms with E-state index in [1.807, 2.05) is 83.6 Å². The Balaban J connectivity index is 1.33. The number of carbonyl (C=O) groups is 1. The van der Waals surface area contributed by atoms with E-state index in [2.05, 4.69) is 22.8 Å². The molecule has 34 heavy (non-hydrogen) atoms. The minimum Gasteiger partial charge on any atom is -0.308 e. The van der Waals surface area contributed by atoms with Gasteiger partial charge in [-0.1, -0.05) is 48.5 Å². The largest absolute Gasteiger partial charge is 0.323 e. The fourth-order valence-corrected chi connectivity index (χ4v) is 5.35. The summed E-state index contributed by atoms with van der Waals surface area (Å²) in [6.07, 6.45) is 0. The molecule has 3 heterocycles. The van der Waals surface area contributed by atoms with E-state index in [0.29, 0.717) is 5.69 Å². The topological polar surface area (TPSA) is 66.9 Å². The van der Waals surface area contributed by atoms with E-state index >= 15 is 0 Å². The van der Waals surface area contributed by atoms with Crippen LogP contribution in [0.1, 0.15) is 0 Å². The van der Waals surface area contributed by atoms with Crippen LogP contribution in [-0.2, 0) is 0 Å². The average Bonchev–Trinajstić information content (AvgIpc) is 3.58. The van der Waals surface area contributed by atoms with Crippen molar-refractivity contribution in [3.05, 3.63) is 95.7 Å². The molecule has 0 aliphatic carbocycles. The monoisotopic (exact) mass is 478 g/mol. The van der Waals surface area contributed by atoms with Gasteiger partial charge in [0.25, 0.3) is 0 Å². The SMILES string of the molecule is O=C(Nc1ccc2nc(-c3cccs3)c(-c3cccs3)nc2c1)Nc1cccc2ccccc12. The standard InChI is InChI=1S/C27H18N4OS2/c32-27(31-20-9-3-7-17-6-1-2-8-19(17)20)28-18-12-13-21-22(16-18)30-26(24-11-5-15-34-24)25(29-21)23-10-4-14-33-23/h1-16H,(H2,28,31,32). The fourth-order valence-electron chi connectivity index (χ4n) is 3.92. The minimum atomic E-state index is -0.308. The third-order valence-corrected chi connectivity index (χ3v) is 7.22. The lowest BCUT2D eigenvalue weighted by atomic mass is 10.1. The van der Waals surface area contributed by atoms with E-state index in [4.69, 9.17) is 9.97 Å². The van der Waals surface area contributed by atoms with Crippen molar-refractivity contribution < 1.29 is 4.79 Å². The third-order valence-electron chi connectivity index (χ3n) is 5.47. The molecule has 7 heteroatoms. The number of nitrogens with zero attached hydrogens (tertiary/aromatic N) is 2. The maximum absolute atomic E-state index is 12.8. The summed E-state index contributed by atoms with van der Waals surface area (Å²) in [5, 5.41) is 12.0. The molecule has 2 amide bonds. The molecule has 0 aliphatic heterocycles. The highest BCUT2D eigenvalue weighted by atomic mass is 32.1. The zero-order valence-corrected chi connectivity index (χ0v) is 19.5. The van der Waals surface area contributed by atoms with Crippen LogP contribution in [0.4, 0.5) is 16.2 Å². The first-order valence-electron chi connectivity index (χ1n) is 10.7. The normalized spacial score (nSPS) is 11.1. The molecular weight excluding hydrogens is 460 g/mol. The van der Waals surface area contributed by atoms with Crippen molar-refractivity contribution in [3.63, 3.8) is 0 Å². The van der Waals surface area contributed by atoms with Crippen LogP contribution < -0.4 is 10.6 Å². The van der Waals surface area contributed by atoms with Crippen molar-refractivity contribution in [2.24, 2.45) is 0 Å². The molecule has 0 unspecified atom stereocenters. The number of hydrogen-bond acceptors (Lipinski definition) is 5. The Morgan fingerprint density at radius 3 is 2.12 bits per heavy atom. The number of carbonyl (C=O) groups excluding carboxylic acids is 1.